The van der Waals surface area contributed by atoms with E-state index in [9.17, 15) is 14.0 Å². The molecule has 1 aliphatic rings. The Labute approximate surface area is 179 Å². The van der Waals surface area contributed by atoms with Crippen molar-refractivity contribution in [2.45, 2.75) is 25.2 Å². The number of hydrogen-bond donors (Lipinski definition) is 1. The number of H-pyrrole nitrogens is 1. The predicted molar refractivity (Wildman–Crippen MR) is 119 cm³/mol. The van der Waals surface area contributed by atoms with Gasteiger partial charge >= 0.3 is 0 Å². The lowest BCUT2D eigenvalue weighted by molar-refractivity contribution is -0.128. The molecule has 31 heavy (non-hydrogen) atoms. The summed E-state index contributed by atoms with van der Waals surface area (Å²) in [6, 6.07) is 23.8. The summed E-state index contributed by atoms with van der Waals surface area (Å²) in [4.78, 5) is 30.2. The number of aromatic nitrogens is 1. The average molecular weight is 411 g/mol. The SMILES string of the molecule is Cc1c(C(c2ccccc2)C2C(=O)CC(c3ccccc3)C2=O)[nH]c2ccc(F)cc12. The number of benzene rings is 3. The molecule has 1 N–H and O–H groups in total. The molecule has 154 valence electrons. The largest absolute Gasteiger partial charge is 0.358 e. The zero-order valence-corrected chi connectivity index (χ0v) is 17.1. The average Bonchev–Trinajstić information content (AvgIpc) is 3.27. The van der Waals surface area contributed by atoms with Gasteiger partial charge in [0.25, 0.3) is 0 Å². The van der Waals surface area contributed by atoms with Crippen LogP contribution in [0.3, 0.4) is 0 Å². The van der Waals surface area contributed by atoms with Crippen LogP contribution < -0.4 is 0 Å². The molecular formula is C27H22FNO2. The molecule has 1 fully saturated rings. The van der Waals surface area contributed by atoms with Gasteiger partial charge in [0.15, 0.2) is 5.78 Å². The first-order valence-corrected chi connectivity index (χ1v) is 10.5. The van der Waals surface area contributed by atoms with E-state index in [0.717, 1.165) is 33.3 Å². The monoisotopic (exact) mass is 411 g/mol. The van der Waals surface area contributed by atoms with Gasteiger partial charge in [-0.15, -0.1) is 0 Å². The maximum Gasteiger partial charge on any atom is 0.152 e. The maximum atomic E-state index is 13.9. The van der Waals surface area contributed by atoms with Crippen molar-refractivity contribution < 1.29 is 14.0 Å². The molecule has 3 nitrogen and oxygen atoms in total. The van der Waals surface area contributed by atoms with Gasteiger partial charge in [0, 0.05) is 28.9 Å². The van der Waals surface area contributed by atoms with E-state index < -0.39 is 17.8 Å². The zero-order valence-electron chi connectivity index (χ0n) is 17.1. The second-order valence-electron chi connectivity index (χ2n) is 8.26. The quantitative estimate of drug-likeness (QED) is 0.439. The van der Waals surface area contributed by atoms with E-state index in [1.807, 2.05) is 67.6 Å². The molecule has 4 heteroatoms. The molecule has 1 heterocycles. The van der Waals surface area contributed by atoms with Crippen LogP contribution in [0.4, 0.5) is 4.39 Å². The Bertz CT molecular complexity index is 1280. The summed E-state index contributed by atoms with van der Waals surface area (Å²) < 4.78 is 13.9. The van der Waals surface area contributed by atoms with Crippen molar-refractivity contribution >= 4 is 22.5 Å². The minimum Gasteiger partial charge on any atom is -0.358 e. The van der Waals surface area contributed by atoms with Gasteiger partial charge in [0.05, 0.1) is 11.8 Å². The van der Waals surface area contributed by atoms with Crippen LogP contribution in [-0.4, -0.2) is 16.6 Å². The molecule has 1 aromatic heterocycles. The molecule has 3 atom stereocenters. The van der Waals surface area contributed by atoms with Gasteiger partial charge in [-0.1, -0.05) is 60.7 Å². The summed E-state index contributed by atoms with van der Waals surface area (Å²) >= 11 is 0. The third kappa shape index (κ3) is 3.28. The van der Waals surface area contributed by atoms with Crippen LogP contribution in [0, 0.1) is 18.7 Å². The molecule has 3 aromatic carbocycles. The molecule has 0 saturated heterocycles. The van der Waals surface area contributed by atoms with Gasteiger partial charge in [0.2, 0.25) is 0 Å². The molecule has 3 unspecified atom stereocenters. The third-order valence-corrected chi connectivity index (χ3v) is 6.47. The topological polar surface area (TPSA) is 49.9 Å². The summed E-state index contributed by atoms with van der Waals surface area (Å²) in [5.41, 5.74) is 4.25. The van der Waals surface area contributed by atoms with E-state index in [1.54, 1.807) is 6.07 Å². The first kappa shape index (κ1) is 19.4. The maximum absolute atomic E-state index is 13.9. The van der Waals surface area contributed by atoms with Gasteiger partial charge in [-0.05, 0) is 41.8 Å². The Kier molecular flexibility index (Phi) is 4.78. The summed E-state index contributed by atoms with van der Waals surface area (Å²) in [5.74, 6) is -2.04. The molecule has 0 radical (unpaired) electrons. The van der Waals surface area contributed by atoms with Crippen molar-refractivity contribution in [3.05, 3.63) is 107 Å². The van der Waals surface area contributed by atoms with Crippen LogP contribution in [-0.2, 0) is 9.59 Å². The van der Waals surface area contributed by atoms with Crippen molar-refractivity contribution in [2.24, 2.45) is 5.92 Å². The van der Waals surface area contributed by atoms with Gasteiger partial charge in [-0.25, -0.2) is 4.39 Å². The van der Waals surface area contributed by atoms with Crippen LogP contribution in [0.25, 0.3) is 10.9 Å². The van der Waals surface area contributed by atoms with E-state index in [-0.39, 0.29) is 23.8 Å². The van der Waals surface area contributed by atoms with E-state index in [2.05, 4.69) is 4.98 Å². The first-order chi connectivity index (χ1) is 15.0. The fraction of sp³-hybridized carbons (Fsp3) is 0.185. The van der Waals surface area contributed by atoms with Gasteiger partial charge in [-0.3, -0.25) is 9.59 Å². The lowest BCUT2D eigenvalue weighted by Crippen LogP contribution is -2.26. The number of aromatic amines is 1. The summed E-state index contributed by atoms with van der Waals surface area (Å²) in [6.45, 7) is 1.92. The second-order valence-corrected chi connectivity index (χ2v) is 8.26. The highest BCUT2D eigenvalue weighted by Crippen LogP contribution is 2.44. The van der Waals surface area contributed by atoms with E-state index in [0.29, 0.717) is 0 Å². The Hall–Kier alpha value is -3.53. The number of nitrogens with one attached hydrogen (secondary N) is 1. The lowest BCUT2D eigenvalue weighted by atomic mass is 9.79. The highest BCUT2D eigenvalue weighted by molar-refractivity contribution is 6.13. The van der Waals surface area contributed by atoms with Crippen molar-refractivity contribution in [1.29, 1.82) is 0 Å². The molecule has 0 aliphatic heterocycles. The van der Waals surface area contributed by atoms with Crippen LogP contribution >= 0.6 is 0 Å². The van der Waals surface area contributed by atoms with E-state index in [4.69, 9.17) is 0 Å². The van der Waals surface area contributed by atoms with Crippen molar-refractivity contribution in [3.8, 4) is 0 Å². The standard InChI is InChI=1S/C27H22FNO2/c1-16-20-14-19(28)12-13-22(20)29-26(16)24(18-10-6-3-7-11-18)25-23(30)15-21(27(25)31)17-8-4-2-5-9-17/h2-14,21,24-25,29H,15H2,1H3. The van der Waals surface area contributed by atoms with Gasteiger partial charge in [-0.2, -0.15) is 0 Å². The molecule has 0 bridgehead atoms. The number of ketones is 2. The Morgan fingerprint density at radius 2 is 1.61 bits per heavy atom. The van der Waals surface area contributed by atoms with Crippen LogP contribution in [0.15, 0.2) is 78.9 Å². The Morgan fingerprint density at radius 3 is 2.32 bits per heavy atom. The number of hydrogen-bond acceptors (Lipinski definition) is 2. The van der Waals surface area contributed by atoms with Crippen molar-refractivity contribution in [2.75, 3.05) is 0 Å². The fourth-order valence-corrected chi connectivity index (χ4v) is 4.94. The minimum atomic E-state index is -0.774. The number of carbonyl (C=O) groups is 2. The van der Waals surface area contributed by atoms with E-state index >= 15 is 0 Å². The molecular weight excluding hydrogens is 389 g/mol. The fourth-order valence-electron chi connectivity index (χ4n) is 4.94. The summed E-state index contributed by atoms with van der Waals surface area (Å²) in [5, 5.41) is 0.772. The normalized spacial score (nSPS) is 19.8. The number of fused-ring (bicyclic) bond motifs is 1. The van der Waals surface area contributed by atoms with Gasteiger partial charge < -0.3 is 4.98 Å². The highest BCUT2D eigenvalue weighted by atomic mass is 19.1. The molecule has 4 aromatic rings. The first-order valence-electron chi connectivity index (χ1n) is 10.5. The van der Waals surface area contributed by atoms with Crippen LogP contribution in [0.5, 0.6) is 0 Å². The Morgan fingerprint density at radius 1 is 0.935 bits per heavy atom. The number of halogens is 1. The van der Waals surface area contributed by atoms with Crippen LogP contribution in [0.2, 0.25) is 0 Å². The van der Waals surface area contributed by atoms with E-state index in [1.165, 1.54) is 12.1 Å². The van der Waals surface area contributed by atoms with Gasteiger partial charge in [0.1, 0.15) is 11.6 Å². The molecule has 0 spiro atoms. The lowest BCUT2D eigenvalue weighted by Gasteiger charge is -2.23. The summed E-state index contributed by atoms with van der Waals surface area (Å²) in [6.07, 6.45) is 0.213. The predicted octanol–water partition coefficient (Wildman–Crippen LogP) is 5.69. The molecule has 1 saturated carbocycles. The smallest absolute Gasteiger partial charge is 0.152 e. The third-order valence-electron chi connectivity index (χ3n) is 6.47. The molecule has 1 aliphatic carbocycles. The molecule has 5 rings (SSSR count). The highest BCUT2D eigenvalue weighted by Gasteiger charge is 2.47. The number of rotatable bonds is 4. The van der Waals surface area contributed by atoms with Crippen molar-refractivity contribution in [3.63, 3.8) is 0 Å². The van der Waals surface area contributed by atoms with Crippen LogP contribution in [0.1, 0.15) is 40.6 Å². The number of aryl methyl sites for hydroxylation is 1. The Balaban J connectivity index is 1.66. The van der Waals surface area contributed by atoms with Crippen molar-refractivity contribution in [1.82, 2.24) is 4.98 Å². The summed E-state index contributed by atoms with van der Waals surface area (Å²) in [7, 11) is 0. The zero-order chi connectivity index (χ0) is 21.5. The number of carbonyl (C=O) groups excluding carboxylic acids is 2. The second kappa shape index (κ2) is 7.62. The molecule has 0 amide bonds. The number of Topliss-reactive ketones (excluding diaryl/α,β-unsaturated/α-hetero) is 2. The minimum absolute atomic E-state index is 0.0445.